The Morgan fingerprint density at radius 1 is 1.23 bits per heavy atom. The molecule has 5 nitrogen and oxygen atoms in total. The normalized spacial score (nSPS) is 12.6. The lowest BCUT2D eigenvalue weighted by Crippen LogP contribution is -2.38. The Morgan fingerprint density at radius 2 is 1.93 bits per heavy atom. The second-order valence-electron chi connectivity index (χ2n) is 7.88. The summed E-state index contributed by atoms with van der Waals surface area (Å²) in [4.78, 5) is 7.52. The van der Waals surface area contributed by atoms with E-state index in [1.165, 1.54) is 6.07 Å². The third kappa shape index (κ3) is 4.73. The molecule has 0 saturated carbocycles. The predicted octanol–water partition coefficient (Wildman–Crippen LogP) is 4.49. The number of aryl methyl sites for hydroxylation is 1. The molecular weight excluding hydrogens is 415 g/mol. The molecule has 1 aromatic carbocycles. The fourth-order valence-corrected chi connectivity index (χ4v) is 4.45. The summed E-state index contributed by atoms with van der Waals surface area (Å²) in [7, 11) is 1.60. The van der Waals surface area contributed by atoms with Crippen LogP contribution in [0.2, 0.25) is 0 Å². The highest BCUT2D eigenvalue weighted by Crippen LogP contribution is 2.31. The van der Waals surface area contributed by atoms with Gasteiger partial charge in [0.25, 0.3) is 0 Å². The van der Waals surface area contributed by atoms with Crippen LogP contribution in [0.5, 0.6) is 5.75 Å². The molecule has 0 radical (unpaired) electrons. The summed E-state index contributed by atoms with van der Waals surface area (Å²) in [5.74, 6) is 2.27. The number of halogens is 3. The molecular formula is C21H25F3N3O2S+. The van der Waals surface area contributed by atoms with Gasteiger partial charge in [0.05, 0.1) is 24.5 Å². The molecule has 3 aromatic rings. The van der Waals surface area contributed by atoms with E-state index in [0.717, 1.165) is 34.7 Å². The minimum absolute atomic E-state index is 0.313. The number of imidazole rings is 1. The number of alkyl halides is 3. The lowest BCUT2D eigenvalue weighted by Gasteiger charge is -2.18. The van der Waals surface area contributed by atoms with Crippen LogP contribution in [0.4, 0.5) is 13.2 Å². The van der Waals surface area contributed by atoms with Gasteiger partial charge in [0.2, 0.25) is 0 Å². The van der Waals surface area contributed by atoms with Crippen molar-refractivity contribution in [2.75, 3.05) is 12.9 Å². The maximum Gasteiger partial charge on any atom is 0.416 e. The number of ether oxygens (including phenoxy) is 1. The summed E-state index contributed by atoms with van der Waals surface area (Å²) < 4.78 is 46.6. The third-order valence-corrected chi connectivity index (χ3v) is 6.06. The summed E-state index contributed by atoms with van der Waals surface area (Å²) >= 11 is 1.56. The van der Waals surface area contributed by atoms with Crippen LogP contribution in [-0.4, -0.2) is 33.5 Å². The molecule has 3 rings (SSSR count). The number of H-pyrrole nitrogens is 1. The van der Waals surface area contributed by atoms with E-state index in [9.17, 15) is 18.3 Å². The van der Waals surface area contributed by atoms with Gasteiger partial charge in [-0.3, -0.25) is 0 Å². The monoisotopic (exact) mass is 440 g/mol. The Morgan fingerprint density at radius 3 is 2.53 bits per heavy atom. The Balaban J connectivity index is 2.09. The van der Waals surface area contributed by atoms with Crippen LogP contribution in [0.1, 0.15) is 36.2 Å². The Hall–Kier alpha value is -2.26. The smallest absolute Gasteiger partial charge is 0.416 e. The molecule has 0 unspecified atom stereocenters. The molecule has 0 aliphatic heterocycles. The molecule has 0 bridgehead atoms. The van der Waals surface area contributed by atoms with Crippen molar-refractivity contribution in [1.82, 2.24) is 9.97 Å². The minimum atomic E-state index is -4.42. The zero-order chi connectivity index (χ0) is 22.3. The summed E-state index contributed by atoms with van der Waals surface area (Å²) in [6.07, 6.45) is -2.56. The number of thioether (sulfide) groups is 1. The maximum absolute atomic E-state index is 13.1. The molecule has 0 aliphatic carbocycles. The van der Waals surface area contributed by atoms with E-state index < -0.39 is 17.3 Å². The average Bonchev–Trinajstić information content (AvgIpc) is 3.05. The van der Waals surface area contributed by atoms with Crippen LogP contribution in [0.25, 0.3) is 17.0 Å². The van der Waals surface area contributed by atoms with Gasteiger partial charge < -0.3 is 9.84 Å². The largest absolute Gasteiger partial charge is 0.496 e. The van der Waals surface area contributed by atoms with E-state index in [4.69, 9.17) is 4.74 Å². The van der Waals surface area contributed by atoms with Crippen molar-refractivity contribution >= 4 is 22.8 Å². The van der Waals surface area contributed by atoms with Crippen molar-refractivity contribution in [3.63, 3.8) is 0 Å². The van der Waals surface area contributed by atoms with E-state index >= 15 is 0 Å². The number of pyridine rings is 1. The summed E-state index contributed by atoms with van der Waals surface area (Å²) in [6.45, 7) is 7.33. The number of aromatic amines is 1. The molecule has 0 saturated heterocycles. The zero-order valence-electron chi connectivity index (χ0n) is 17.5. The van der Waals surface area contributed by atoms with Crippen LogP contribution in [0.3, 0.4) is 0 Å². The molecule has 2 N–H and O–H groups in total. The SMILES string of the molecule is COc1c(C)c[n+](-c2nc3ccc(C(F)(F)F)cc3[nH]2)c(CSCC(C)(C)O)c1C. The molecule has 30 heavy (non-hydrogen) atoms. The van der Waals surface area contributed by atoms with Gasteiger partial charge in [-0.2, -0.15) is 24.9 Å². The van der Waals surface area contributed by atoms with E-state index in [1.54, 1.807) is 32.7 Å². The van der Waals surface area contributed by atoms with Gasteiger partial charge in [0.1, 0.15) is 17.0 Å². The molecule has 0 aliphatic rings. The van der Waals surface area contributed by atoms with Gasteiger partial charge in [0.15, 0.2) is 5.52 Å². The molecule has 0 atom stereocenters. The van der Waals surface area contributed by atoms with Crippen molar-refractivity contribution < 1.29 is 27.6 Å². The molecule has 0 amide bonds. The Bertz CT molecular complexity index is 1070. The fourth-order valence-electron chi connectivity index (χ4n) is 3.30. The number of aliphatic hydroxyl groups is 1. The average molecular weight is 441 g/mol. The second kappa shape index (κ2) is 8.11. The fraction of sp³-hybridized carbons (Fsp3) is 0.429. The highest BCUT2D eigenvalue weighted by Gasteiger charge is 2.32. The number of methoxy groups -OCH3 is 1. The zero-order valence-corrected chi connectivity index (χ0v) is 18.3. The van der Waals surface area contributed by atoms with Crippen molar-refractivity contribution in [1.29, 1.82) is 0 Å². The summed E-state index contributed by atoms with van der Waals surface area (Å²) in [5, 5.41) is 10.0. The van der Waals surface area contributed by atoms with Crippen molar-refractivity contribution in [3.8, 4) is 11.7 Å². The standard InChI is InChI=1S/C21H25F3N3O2S/c1-12-9-27(17(13(2)18(12)29-5)10-30-11-20(3,4)28)19-25-15-7-6-14(21(22,23)24)8-16(15)26-19/h6-9,28H,10-11H2,1-5H3,(H,25,26)/q+1. The molecule has 2 aromatic heterocycles. The minimum Gasteiger partial charge on any atom is -0.496 e. The molecule has 0 fully saturated rings. The summed E-state index contributed by atoms with van der Waals surface area (Å²) in [5.41, 5.74) is 1.91. The highest BCUT2D eigenvalue weighted by atomic mass is 32.2. The quantitative estimate of drug-likeness (QED) is 0.555. The number of rotatable bonds is 6. The topological polar surface area (TPSA) is 62.0 Å². The van der Waals surface area contributed by atoms with Crippen molar-refractivity contribution in [2.45, 2.75) is 45.2 Å². The first-order valence-electron chi connectivity index (χ1n) is 9.37. The molecule has 162 valence electrons. The number of benzene rings is 1. The lowest BCUT2D eigenvalue weighted by molar-refractivity contribution is -0.611. The number of fused-ring (bicyclic) bond motifs is 1. The number of hydrogen-bond donors (Lipinski definition) is 2. The van der Waals surface area contributed by atoms with Gasteiger partial charge in [-0.25, -0.2) is 9.55 Å². The number of nitrogens with one attached hydrogen (secondary N) is 1. The predicted molar refractivity (Wildman–Crippen MR) is 111 cm³/mol. The van der Waals surface area contributed by atoms with Gasteiger partial charge in [-0.15, -0.1) is 0 Å². The Labute approximate surface area is 177 Å². The molecule has 9 heteroatoms. The molecule has 0 spiro atoms. The van der Waals surface area contributed by atoms with E-state index in [2.05, 4.69) is 9.97 Å². The van der Waals surface area contributed by atoms with Gasteiger partial charge in [-0.1, -0.05) is 4.98 Å². The van der Waals surface area contributed by atoms with Crippen molar-refractivity contribution in [3.05, 3.63) is 46.8 Å². The van der Waals surface area contributed by atoms with Crippen LogP contribution in [0.15, 0.2) is 24.4 Å². The lowest BCUT2D eigenvalue weighted by atomic mass is 10.1. The van der Waals surface area contributed by atoms with Crippen LogP contribution >= 0.6 is 11.8 Å². The van der Waals surface area contributed by atoms with Crippen molar-refractivity contribution in [2.24, 2.45) is 0 Å². The summed E-state index contributed by atoms with van der Waals surface area (Å²) in [6, 6.07) is 3.46. The van der Waals surface area contributed by atoms with E-state index in [-0.39, 0.29) is 0 Å². The van der Waals surface area contributed by atoms with Gasteiger partial charge in [0, 0.05) is 22.6 Å². The van der Waals surface area contributed by atoms with E-state index in [0.29, 0.717) is 28.5 Å². The molecule has 2 heterocycles. The van der Waals surface area contributed by atoms with Crippen LogP contribution in [0, 0.1) is 13.8 Å². The second-order valence-corrected chi connectivity index (χ2v) is 8.87. The van der Waals surface area contributed by atoms with Gasteiger partial charge in [-0.05, 0) is 45.9 Å². The first-order chi connectivity index (χ1) is 13.9. The number of aromatic nitrogens is 3. The van der Waals surface area contributed by atoms with Crippen LogP contribution in [-0.2, 0) is 11.9 Å². The number of hydrogen-bond acceptors (Lipinski definition) is 4. The Kier molecular flexibility index (Phi) is 6.06. The third-order valence-electron chi connectivity index (χ3n) is 4.67. The van der Waals surface area contributed by atoms with E-state index in [1.807, 2.05) is 24.6 Å². The first-order valence-corrected chi connectivity index (χ1v) is 10.5. The van der Waals surface area contributed by atoms with Crippen LogP contribution < -0.4 is 9.30 Å². The number of nitrogens with zero attached hydrogens (tertiary/aromatic N) is 2. The first kappa shape index (κ1) is 22.4. The van der Waals surface area contributed by atoms with Gasteiger partial charge >= 0.3 is 12.1 Å². The highest BCUT2D eigenvalue weighted by molar-refractivity contribution is 7.98. The maximum atomic E-state index is 13.1.